The normalized spacial score (nSPS) is 11.2. The number of anilines is 1. The van der Waals surface area contributed by atoms with Crippen LogP contribution in [0.5, 0.6) is 0 Å². The Morgan fingerprint density at radius 1 is 1.42 bits per heavy atom. The zero-order valence-corrected chi connectivity index (χ0v) is 7.46. The standard InChI is InChI=1S/C5H8N4O2S/c1-4-6-3-7-5(8-4)9-12(2,10)11/h3H,1-2H3,(H,6,7,8,9). The van der Waals surface area contributed by atoms with Gasteiger partial charge in [-0.05, 0) is 6.92 Å². The van der Waals surface area contributed by atoms with Crippen LogP contribution in [0, 0.1) is 6.92 Å². The molecule has 0 aliphatic heterocycles. The first-order chi connectivity index (χ1) is 5.47. The predicted molar refractivity (Wildman–Crippen MR) is 43.0 cm³/mol. The molecular formula is C5H8N4O2S. The molecule has 0 radical (unpaired) electrons. The Kier molecular flexibility index (Phi) is 2.22. The SMILES string of the molecule is Cc1ncnc(NS(C)(=O)=O)n1. The number of sulfonamides is 1. The van der Waals surface area contributed by atoms with Gasteiger partial charge in [-0.3, -0.25) is 4.72 Å². The number of nitrogens with one attached hydrogen (secondary N) is 1. The highest BCUT2D eigenvalue weighted by molar-refractivity contribution is 7.91. The second-order valence-corrected chi connectivity index (χ2v) is 3.98. The van der Waals surface area contributed by atoms with E-state index in [0.29, 0.717) is 5.82 Å². The van der Waals surface area contributed by atoms with Crippen molar-refractivity contribution in [1.29, 1.82) is 0 Å². The van der Waals surface area contributed by atoms with Crippen LogP contribution in [0.3, 0.4) is 0 Å². The number of aryl methyl sites for hydroxylation is 1. The summed E-state index contributed by atoms with van der Waals surface area (Å²) < 4.78 is 23.5. The molecule has 12 heavy (non-hydrogen) atoms. The van der Waals surface area contributed by atoms with Gasteiger partial charge in [0.25, 0.3) is 0 Å². The van der Waals surface area contributed by atoms with Crippen molar-refractivity contribution in [3.63, 3.8) is 0 Å². The molecule has 0 atom stereocenters. The highest BCUT2D eigenvalue weighted by atomic mass is 32.2. The lowest BCUT2D eigenvalue weighted by Crippen LogP contribution is -2.12. The van der Waals surface area contributed by atoms with E-state index in [1.54, 1.807) is 6.92 Å². The molecule has 0 amide bonds. The number of nitrogens with zero attached hydrogens (tertiary/aromatic N) is 3. The van der Waals surface area contributed by atoms with Crippen LogP contribution in [0.2, 0.25) is 0 Å². The topological polar surface area (TPSA) is 84.8 Å². The van der Waals surface area contributed by atoms with Gasteiger partial charge in [0.15, 0.2) is 0 Å². The van der Waals surface area contributed by atoms with E-state index in [4.69, 9.17) is 0 Å². The van der Waals surface area contributed by atoms with Crippen molar-refractivity contribution in [2.24, 2.45) is 0 Å². The van der Waals surface area contributed by atoms with Crippen molar-refractivity contribution in [1.82, 2.24) is 15.0 Å². The van der Waals surface area contributed by atoms with Crippen LogP contribution in [0.4, 0.5) is 5.95 Å². The molecule has 0 spiro atoms. The van der Waals surface area contributed by atoms with Gasteiger partial charge in [-0.25, -0.2) is 18.4 Å². The zero-order chi connectivity index (χ0) is 9.19. The second kappa shape index (κ2) is 3.02. The summed E-state index contributed by atoms with van der Waals surface area (Å²) in [5.41, 5.74) is 0. The first-order valence-electron chi connectivity index (χ1n) is 3.11. The number of hydrogen-bond donors (Lipinski definition) is 1. The van der Waals surface area contributed by atoms with Gasteiger partial charge >= 0.3 is 0 Å². The zero-order valence-electron chi connectivity index (χ0n) is 6.64. The van der Waals surface area contributed by atoms with Crippen LogP contribution in [-0.2, 0) is 10.0 Å². The molecular weight excluding hydrogens is 180 g/mol. The summed E-state index contributed by atoms with van der Waals surface area (Å²) in [5.74, 6) is 0.515. The molecule has 0 saturated heterocycles. The summed E-state index contributed by atoms with van der Waals surface area (Å²) in [6, 6.07) is 0. The predicted octanol–water partition coefficient (Wildman–Crippen LogP) is -0.448. The maximum Gasteiger partial charge on any atom is 0.239 e. The fourth-order valence-corrected chi connectivity index (χ4v) is 1.02. The fourth-order valence-electron chi connectivity index (χ4n) is 0.593. The van der Waals surface area contributed by atoms with Gasteiger partial charge in [-0.15, -0.1) is 0 Å². The van der Waals surface area contributed by atoms with E-state index in [9.17, 15) is 8.42 Å². The molecule has 1 aromatic heterocycles. The van der Waals surface area contributed by atoms with Gasteiger partial charge in [-0.2, -0.15) is 4.98 Å². The average Bonchev–Trinajstić information content (AvgIpc) is 1.82. The van der Waals surface area contributed by atoms with Crippen molar-refractivity contribution in [2.75, 3.05) is 11.0 Å². The molecule has 0 unspecified atom stereocenters. The molecule has 0 saturated carbocycles. The third-order valence-corrected chi connectivity index (χ3v) is 1.52. The van der Waals surface area contributed by atoms with Crippen LogP contribution in [0.15, 0.2) is 6.33 Å². The average molecular weight is 188 g/mol. The smallest absolute Gasteiger partial charge is 0.239 e. The summed E-state index contributed by atoms with van der Waals surface area (Å²) in [6.07, 6.45) is 2.28. The molecule has 1 aromatic rings. The van der Waals surface area contributed by atoms with Gasteiger partial charge in [0.05, 0.1) is 6.26 Å². The quantitative estimate of drug-likeness (QED) is 0.679. The summed E-state index contributed by atoms with van der Waals surface area (Å²) in [4.78, 5) is 11.1. The van der Waals surface area contributed by atoms with Gasteiger partial charge < -0.3 is 0 Å². The van der Waals surface area contributed by atoms with Gasteiger partial charge in [0, 0.05) is 0 Å². The number of rotatable bonds is 2. The van der Waals surface area contributed by atoms with Gasteiger partial charge in [0.1, 0.15) is 12.2 Å². The molecule has 6 nitrogen and oxygen atoms in total. The lowest BCUT2D eigenvalue weighted by Gasteiger charge is -2.00. The van der Waals surface area contributed by atoms with Crippen LogP contribution in [-0.4, -0.2) is 29.6 Å². The second-order valence-electron chi connectivity index (χ2n) is 2.23. The largest absolute Gasteiger partial charge is 0.251 e. The van der Waals surface area contributed by atoms with Crippen molar-refractivity contribution < 1.29 is 8.42 Å². The molecule has 0 fully saturated rings. The van der Waals surface area contributed by atoms with Crippen LogP contribution in [0.1, 0.15) is 5.82 Å². The highest BCUT2D eigenvalue weighted by Gasteiger charge is 2.03. The van der Waals surface area contributed by atoms with E-state index in [0.717, 1.165) is 6.26 Å². The van der Waals surface area contributed by atoms with E-state index in [2.05, 4.69) is 19.7 Å². The van der Waals surface area contributed by atoms with Crippen LogP contribution in [0.25, 0.3) is 0 Å². The lowest BCUT2D eigenvalue weighted by atomic mass is 10.7. The Hall–Kier alpha value is -1.24. The van der Waals surface area contributed by atoms with Crippen molar-refractivity contribution in [3.8, 4) is 0 Å². The number of hydrogen-bond acceptors (Lipinski definition) is 5. The summed E-state index contributed by atoms with van der Waals surface area (Å²) in [7, 11) is -3.30. The molecule has 1 heterocycles. The summed E-state index contributed by atoms with van der Waals surface area (Å²) in [6.45, 7) is 1.65. The molecule has 1 rings (SSSR count). The van der Waals surface area contributed by atoms with Gasteiger partial charge in [-0.1, -0.05) is 0 Å². The fraction of sp³-hybridized carbons (Fsp3) is 0.400. The minimum absolute atomic E-state index is 0.0463. The van der Waals surface area contributed by atoms with E-state index < -0.39 is 10.0 Å². The van der Waals surface area contributed by atoms with Crippen LogP contribution < -0.4 is 4.72 Å². The minimum atomic E-state index is -3.30. The van der Waals surface area contributed by atoms with E-state index in [-0.39, 0.29) is 5.95 Å². The van der Waals surface area contributed by atoms with Crippen molar-refractivity contribution in [2.45, 2.75) is 6.92 Å². The van der Waals surface area contributed by atoms with E-state index in [1.807, 2.05) is 0 Å². The Morgan fingerprint density at radius 2 is 2.08 bits per heavy atom. The van der Waals surface area contributed by atoms with Crippen LogP contribution >= 0.6 is 0 Å². The molecule has 0 aromatic carbocycles. The Labute approximate surface area is 70.1 Å². The first kappa shape index (κ1) is 8.85. The molecule has 1 N–H and O–H groups in total. The minimum Gasteiger partial charge on any atom is -0.251 e. The Bertz CT molecular complexity index is 375. The highest BCUT2D eigenvalue weighted by Crippen LogP contribution is 1.97. The molecule has 66 valence electrons. The lowest BCUT2D eigenvalue weighted by molar-refractivity contribution is 0.606. The third kappa shape index (κ3) is 2.79. The van der Waals surface area contributed by atoms with E-state index >= 15 is 0 Å². The monoisotopic (exact) mass is 188 g/mol. The Morgan fingerprint density at radius 3 is 2.58 bits per heavy atom. The summed E-state index contributed by atoms with van der Waals surface area (Å²) >= 11 is 0. The summed E-state index contributed by atoms with van der Waals surface area (Å²) in [5, 5.41) is 0. The van der Waals surface area contributed by atoms with E-state index in [1.165, 1.54) is 6.33 Å². The maximum atomic E-state index is 10.7. The molecule has 0 aliphatic rings. The Balaban J connectivity index is 2.91. The molecule has 0 aliphatic carbocycles. The van der Waals surface area contributed by atoms with Crippen molar-refractivity contribution in [3.05, 3.63) is 12.2 Å². The molecule has 7 heteroatoms. The third-order valence-electron chi connectivity index (χ3n) is 0.969. The number of aromatic nitrogens is 3. The molecule has 0 bridgehead atoms. The van der Waals surface area contributed by atoms with Gasteiger partial charge in [0.2, 0.25) is 16.0 Å². The first-order valence-corrected chi connectivity index (χ1v) is 5.00. The maximum absolute atomic E-state index is 10.7. The van der Waals surface area contributed by atoms with Crippen molar-refractivity contribution >= 4 is 16.0 Å².